The summed E-state index contributed by atoms with van der Waals surface area (Å²) in [5.41, 5.74) is 6.65. The number of ether oxygens (including phenoxy) is 2. The van der Waals surface area contributed by atoms with Gasteiger partial charge in [0.2, 0.25) is 0 Å². The van der Waals surface area contributed by atoms with Crippen LogP contribution in [0.5, 0.6) is 23.0 Å². The normalized spacial score (nSPS) is 11.1. The summed E-state index contributed by atoms with van der Waals surface area (Å²) in [7, 11) is 0. The third-order valence-corrected chi connectivity index (χ3v) is 8.07. The quantitative estimate of drug-likeness (QED) is 0.151. The van der Waals surface area contributed by atoms with Gasteiger partial charge in [-0.1, -0.05) is 41.9 Å². The summed E-state index contributed by atoms with van der Waals surface area (Å²) in [6, 6.07) is 40.8. The zero-order chi connectivity index (χ0) is 31.9. The molecule has 48 heavy (non-hydrogen) atoms. The second-order valence-electron chi connectivity index (χ2n) is 11.3. The van der Waals surface area contributed by atoms with Gasteiger partial charge in [0.15, 0.2) is 0 Å². The SMILES string of the molecule is Cc1cc(Oc2ccccc2)cc(C)c1-c1cnn(-c2[c-]c(Oc3[c-]c4c(cc3)c3ccccc3n4-c3cc(F)ccn3)ccc2)c1.[Pt+2]. The molecule has 236 valence electrons. The number of hydrogen-bond donors (Lipinski definition) is 0. The fraction of sp³-hybridized carbons (Fsp3) is 0.0500. The summed E-state index contributed by atoms with van der Waals surface area (Å²) in [4.78, 5) is 4.44. The van der Waals surface area contributed by atoms with Gasteiger partial charge in [-0.05, 0) is 78.0 Å². The summed E-state index contributed by atoms with van der Waals surface area (Å²) in [5.74, 6) is 2.71. The van der Waals surface area contributed by atoms with Crippen molar-refractivity contribution in [3.63, 3.8) is 0 Å². The Morgan fingerprint density at radius 2 is 1.48 bits per heavy atom. The van der Waals surface area contributed by atoms with Crippen LogP contribution in [0, 0.1) is 31.8 Å². The van der Waals surface area contributed by atoms with E-state index >= 15 is 0 Å². The minimum atomic E-state index is -0.360. The van der Waals surface area contributed by atoms with Gasteiger partial charge < -0.3 is 14.0 Å². The van der Waals surface area contributed by atoms with Crippen LogP contribution < -0.4 is 9.47 Å². The fourth-order valence-corrected chi connectivity index (χ4v) is 6.08. The third-order valence-electron chi connectivity index (χ3n) is 8.07. The van der Waals surface area contributed by atoms with Crippen LogP contribution in [-0.2, 0) is 21.1 Å². The molecule has 0 unspecified atom stereocenters. The minimum absolute atomic E-state index is 0. The van der Waals surface area contributed by atoms with Crippen molar-refractivity contribution < 1.29 is 34.9 Å². The van der Waals surface area contributed by atoms with E-state index in [0.717, 1.165) is 61.2 Å². The van der Waals surface area contributed by atoms with E-state index in [1.165, 1.54) is 18.3 Å². The van der Waals surface area contributed by atoms with Gasteiger partial charge in [0.25, 0.3) is 0 Å². The van der Waals surface area contributed by atoms with Crippen molar-refractivity contribution in [3.05, 3.63) is 157 Å². The summed E-state index contributed by atoms with van der Waals surface area (Å²) in [5, 5.41) is 6.63. The number of rotatable bonds is 7. The van der Waals surface area contributed by atoms with Crippen LogP contribution in [0.2, 0.25) is 0 Å². The molecule has 3 aromatic heterocycles. The van der Waals surface area contributed by atoms with Crippen molar-refractivity contribution in [2.45, 2.75) is 13.8 Å². The molecule has 0 radical (unpaired) electrons. The number of aryl methyl sites for hydroxylation is 2. The zero-order valence-corrected chi connectivity index (χ0v) is 28.2. The Bertz CT molecular complexity index is 2400. The van der Waals surface area contributed by atoms with Crippen LogP contribution in [0.3, 0.4) is 0 Å². The van der Waals surface area contributed by atoms with Crippen LogP contribution in [0.15, 0.2) is 128 Å². The number of hydrogen-bond acceptors (Lipinski definition) is 4. The van der Waals surface area contributed by atoms with Crippen LogP contribution >= 0.6 is 0 Å². The molecule has 0 bridgehead atoms. The van der Waals surface area contributed by atoms with Gasteiger partial charge in [-0.3, -0.25) is 4.68 Å². The van der Waals surface area contributed by atoms with Gasteiger partial charge in [0.1, 0.15) is 23.1 Å². The maximum atomic E-state index is 14.2. The standard InChI is InChI=1S/C40H27FN4O2.Pt/c1-26-19-34(46-31-10-4-3-5-11-31)20-27(2)40(26)28-24-43-44(25-28)30-9-8-12-32(22-30)47-33-15-16-36-35-13-6-7-14-37(35)45(38(36)23-33)39-21-29(41)17-18-42-39;/h3-21,24-25H,1-2H3;/q-2;+2. The molecule has 0 amide bonds. The first-order chi connectivity index (χ1) is 23.0. The summed E-state index contributed by atoms with van der Waals surface area (Å²) >= 11 is 0. The minimum Gasteiger partial charge on any atom is -0.509 e. The van der Waals surface area contributed by atoms with Gasteiger partial charge in [-0.15, -0.1) is 35.7 Å². The Labute approximate surface area is 291 Å². The topological polar surface area (TPSA) is 54.1 Å². The maximum absolute atomic E-state index is 14.2. The van der Waals surface area contributed by atoms with Crippen LogP contribution in [-0.4, -0.2) is 19.3 Å². The van der Waals surface area contributed by atoms with E-state index in [1.54, 1.807) is 4.68 Å². The third kappa shape index (κ3) is 5.89. The molecule has 8 heteroatoms. The van der Waals surface area contributed by atoms with Crippen LogP contribution in [0.1, 0.15) is 11.1 Å². The second-order valence-corrected chi connectivity index (χ2v) is 11.3. The van der Waals surface area contributed by atoms with E-state index in [1.807, 2.05) is 114 Å². The van der Waals surface area contributed by atoms with Crippen molar-refractivity contribution in [2.75, 3.05) is 0 Å². The molecule has 0 saturated heterocycles. The number of fused-ring (bicyclic) bond motifs is 3. The molecule has 0 aliphatic rings. The summed E-state index contributed by atoms with van der Waals surface area (Å²) in [6.45, 7) is 4.16. The predicted octanol–water partition coefficient (Wildman–Crippen LogP) is 9.97. The molecule has 0 aliphatic carbocycles. The smallest absolute Gasteiger partial charge is 0.509 e. The monoisotopic (exact) mass is 809 g/mol. The van der Waals surface area contributed by atoms with Crippen molar-refractivity contribution in [1.82, 2.24) is 19.3 Å². The first kappa shape index (κ1) is 31.1. The number of pyridine rings is 1. The van der Waals surface area contributed by atoms with Crippen LogP contribution in [0.4, 0.5) is 4.39 Å². The van der Waals surface area contributed by atoms with E-state index in [9.17, 15) is 4.39 Å². The first-order valence-corrected chi connectivity index (χ1v) is 15.2. The molecule has 0 saturated carbocycles. The molecule has 6 nitrogen and oxygen atoms in total. The molecule has 8 rings (SSSR count). The number of halogens is 1. The Morgan fingerprint density at radius 3 is 2.29 bits per heavy atom. The predicted molar refractivity (Wildman–Crippen MR) is 181 cm³/mol. The number of nitrogens with zero attached hydrogens (tertiary/aromatic N) is 4. The average molecular weight is 810 g/mol. The molecule has 3 heterocycles. The maximum Gasteiger partial charge on any atom is 2.00 e. The van der Waals surface area contributed by atoms with Gasteiger partial charge >= 0.3 is 21.1 Å². The molecule has 8 aromatic rings. The Hall–Kier alpha value is -5.52. The van der Waals surface area contributed by atoms with Crippen molar-refractivity contribution >= 4 is 21.8 Å². The van der Waals surface area contributed by atoms with Gasteiger partial charge in [0, 0.05) is 41.0 Å². The number of para-hydroxylation sites is 2. The molecular weight excluding hydrogens is 783 g/mol. The number of aromatic nitrogens is 4. The Morgan fingerprint density at radius 1 is 0.708 bits per heavy atom. The van der Waals surface area contributed by atoms with Crippen molar-refractivity contribution in [2.24, 2.45) is 0 Å². The Kier molecular flexibility index (Phi) is 8.38. The molecule has 0 N–H and O–H groups in total. The van der Waals surface area contributed by atoms with E-state index in [4.69, 9.17) is 9.47 Å². The molecule has 0 aliphatic heterocycles. The number of benzene rings is 5. The van der Waals surface area contributed by atoms with E-state index in [2.05, 4.69) is 36.1 Å². The second kappa shape index (κ2) is 12.9. The van der Waals surface area contributed by atoms with Gasteiger partial charge in [-0.2, -0.15) is 17.2 Å². The molecular formula is C40H27FN4O2Pt. The Balaban J connectivity index is 0.00000364. The van der Waals surface area contributed by atoms with E-state index in [0.29, 0.717) is 17.3 Å². The van der Waals surface area contributed by atoms with E-state index in [-0.39, 0.29) is 26.9 Å². The fourth-order valence-electron chi connectivity index (χ4n) is 6.08. The zero-order valence-electron chi connectivity index (χ0n) is 25.9. The first-order valence-electron chi connectivity index (χ1n) is 15.2. The molecule has 5 aromatic carbocycles. The van der Waals surface area contributed by atoms with Crippen molar-refractivity contribution in [1.29, 1.82) is 0 Å². The molecule has 0 fully saturated rings. The van der Waals surface area contributed by atoms with Crippen molar-refractivity contribution in [3.8, 4) is 45.6 Å². The largest absolute Gasteiger partial charge is 2.00 e. The molecule has 0 spiro atoms. The van der Waals surface area contributed by atoms with Crippen LogP contribution in [0.25, 0.3) is 44.4 Å². The summed E-state index contributed by atoms with van der Waals surface area (Å²) in [6.07, 6.45) is 5.31. The van der Waals surface area contributed by atoms with Gasteiger partial charge in [0.05, 0.1) is 6.20 Å². The molecule has 0 atom stereocenters. The average Bonchev–Trinajstić information content (AvgIpc) is 3.68. The van der Waals surface area contributed by atoms with Gasteiger partial charge in [-0.25, -0.2) is 9.37 Å². The van der Waals surface area contributed by atoms with E-state index < -0.39 is 0 Å². The summed E-state index contributed by atoms with van der Waals surface area (Å²) < 4.78 is 30.3.